The summed E-state index contributed by atoms with van der Waals surface area (Å²) >= 11 is 0. The lowest BCUT2D eigenvalue weighted by molar-refractivity contribution is -0.137. The Morgan fingerprint density at radius 1 is 1.36 bits per heavy atom. The summed E-state index contributed by atoms with van der Waals surface area (Å²) in [6, 6.07) is 4.91. The Labute approximate surface area is 146 Å². The lowest BCUT2D eigenvalue weighted by Crippen LogP contribution is -2.40. The van der Waals surface area contributed by atoms with Crippen molar-refractivity contribution >= 4 is 11.8 Å². The van der Waals surface area contributed by atoms with Crippen LogP contribution in [0.5, 0.6) is 5.88 Å². The zero-order valence-electron chi connectivity index (χ0n) is 14.7. The molecule has 2 rings (SSSR count). The molecule has 25 heavy (non-hydrogen) atoms. The lowest BCUT2D eigenvalue weighted by atomic mass is 10.2. The van der Waals surface area contributed by atoms with Gasteiger partial charge in [0, 0.05) is 37.7 Å². The van der Waals surface area contributed by atoms with E-state index in [1.165, 1.54) is 4.90 Å². The molecule has 0 saturated heterocycles. The summed E-state index contributed by atoms with van der Waals surface area (Å²) in [7, 11) is 1.59. The van der Waals surface area contributed by atoms with E-state index < -0.39 is 6.04 Å². The molecule has 0 aliphatic carbocycles. The highest BCUT2D eigenvalue weighted by Crippen LogP contribution is 2.13. The van der Waals surface area contributed by atoms with Crippen LogP contribution in [0.1, 0.15) is 25.5 Å². The van der Waals surface area contributed by atoms with Crippen LogP contribution in [0, 0.1) is 0 Å². The number of nitrogens with one attached hydrogen (secondary N) is 1. The van der Waals surface area contributed by atoms with Crippen LogP contribution in [-0.4, -0.2) is 51.7 Å². The number of amides is 2. The van der Waals surface area contributed by atoms with E-state index in [9.17, 15) is 9.59 Å². The normalized spacial score (nSPS) is 11.6. The minimum atomic E-state index is -0.462. The Balaban J connectivity index is 1.86. The molecule has 134 valence electrons. The molecular formula is C17H23N5O3. The molecule has 0 saturated carbocycles. The van der Waals surface area contributed by atoms with Gasteiger partial charge in [0.05, 0.1) is 13.2 Å². The van der Waals surface area contributed by atoms with E-state index in [2.05, 4.69) is 15.4 Å². The van der Waals surface area contributed by atoms with Gasteiger partial charge in [0.1, 0.15) is 6.04 Å². The molecule has 1 N–H and O–H groups in total. The van der Waals surface area contributed by atoms with Crippen LogP contribution >= 0.6 is 0 Å². The third-order valence-electron chi connectivity index (χ3n) is 3.64. The average molecular weight is 345 g/mol. The number of carbonyl (C=O) groups is 2. The molecule has 0 aliphatic heterocycles. The molecule has 1 atom stereocenters. The van der Waals surface area contributed by atoms with Crippen molar-refractivity contribution in [3.8, 4) is 5.88 Å². The Kier molecular flexibility index (Phi) is 6.50. The molecule has 1 unspecified atom stereocenters. The van der Waals surface area contributed by atoms with Crippen molar-refractivity contribution in [3.63, 3.8) is 0 Å². The van der Waals surface area contributed by atoms with Crippen molar-refractivity contribution in [2.45, 2.75) is 26.4 Å². The van der Waals surface area contributed by atoms with Gasteiger partial charge in [0.25, 0.3) is 0 Å². The van der Waals surface area contributed by atoms with Crippen LogP contribution in [0.25, 0.3) is 0 Å². The SMILES string of the molecule is CCOc1ncccc1CNC(=O)CN(C)C(=O)C(C)n1cccn1. The van der Waals surface area contributed by atoms with Crippen LogP contribution in [0.15, 0.2) is 36.8 Å². The van der Waals surface area contributed by atoms with Gasteiger partial charge in [-0.3, -0.25) is 14.3 Å². The Hall–Kier alpha value is -2.90. The fraction of sp³-hybridized carbons (Fsp3) is 0.412. The highest BCUT2D eigenvalue weighted by molar-refractivity contribution is 5.86. The molecule has 0 aliphatic rings. The Morgan fingerprint density at radius 2 is 2.16 bits per heavy atom. The maximum Gasteiger partial charge on any atom is 0.247 e. The summed E-state index contributed by atoms with van der Waals surface area (Å²) < 4.78 is 6.98. The molecule has 2 aromatic heterocycles. The molecule has 8 heteroatoms. The van der Waals surface area contributed by atoms with E-state index in [1.807, 2.05) is 13.0 Å². The second-order valence-corrected chi connectivity index (χ2v) is 5.53. The van der Waals surface area contributed by atoms with Crippen LogP contribution < -0.4 is 10.1 Å². The molecule has 0 radical (unpaired) electrons. The van der Waals surface area contributed by atoms with Gasteiger partial charge in [-0.05, 0) is 26.0 Å². The quantitative estimate of drug-likeness (QED) is 0.771. The topological polar surface area (TPSA) is 89.4 Å². The number of ether oxygens (including phenoxy) is 1. The van der Waals surface area contributed by atoms with Gasteiger partial charge in [-0.15, -0.1) is 0 Å². The molecule has 0 bridgehead atoms. The summed E-state index contributed by atoms with van der Waals surface area (Å²) in [5, 5.41) is 6.83. The molecule has 0 spiro atoms. The van der Waals surface area contributed by atoms with Gasteiger partial charge in [-0.25, -0.2) is 4.98 Å². The number of pyridine rings is 1. The van der Waals surface area contributed by atoms with Crippen molar-refractivity contribution in [1.82, 2.24) is 25.0 Å². The minimum absolute atomic E-state index is 0.0331. The van der Waals surface area contributed by atoms with Crippen molar-refractivity contribution in [3.05, 3.63) is 42.4 Å². The van der Waals surface area contributed by atoms with E-state index in [4.69, 9.17) is 4.74 Å². The third-order valence-corrected chi connectivity index (χ3v) is 3.64. The second-order valence-electron chi connectivity index (χ2n) is 5.53. The van der Waals surface area contributed by atoms with Gasteiger partial charge in [-0.1, -0.05) is 6.07 Å². The molecule has 0 fully saturated rings. The molecular weight excluding hydrogens is 322 g/mol. The van der Waals surface area contributed by atoms with Crippen LogP contribution in [0.3, 0.4) is 0 Å². The number of hydrogen-bond donors (Lipinski definition) is 1. The van der Waals surface area contributed by atoms with Gasteiger partial charge in [-0.2, -0.15) is 5.10 Å². The van der Waals surface area contributed by atoms with Gasteiger partial charge in [0.2, 0.25) is 17.7 Å². The molecule has 2 amide bonds. The fourth-order valence-corrected chi connectivity index (χ4v) is 2.31. The Morgan fingerprint density at radius 3 is 2.84 bits per heavy atom. The number of aromatic nitrogens is 3. The molecule has 2 heterocycles. The number of hydrogen-bond acceptors (Lipinski definition) is 5. The molecule has 0 aromatic carbocycles. The highest BCUT2D eigenvalue weighted by atomic mass is 16.5. The Bertz CT molecular complexity index is 702. The summed E-state index contributed by atoms with van der Waals surface area (Å²) in [5.41, 5.74) is 0.789. The summed E-state index contributed by atoms with van der Waals surface area (Å²) in [5.74, 6) is 0.0621. The molecule has 2 aromatic rings. The highest BCUT2D eigenvalue weighted by Gasteiger charge is 2.21. The van der Waals surface area contributed by atoms with E-state index in [1.54, 1.807) is 49.4 Å². The van der Waals surface area contributed by atoms with E-state index in [0.717, 1.165) is 5.56 Å². The first-order chi connectivity index (χ1) is 12.0. The first kappa shape index (κ1) is 18.4. The smallest absolute Gasteiger partial charge is 0.247 e. The third kappa shape index (κ3) is 5.03. The average Bonchev–Trinajstić information content (AvgIpc) is 3.14. The first-order valence-electron chi connectivity index (χ1n) is 8.10. The zero-order valence-corrected chi connectivity index (χ0v) is 14.7. The predicted octanol–water partition coefficient (Wildman–Crippen LogP) is 1.01. The van der Waals surface area contributed by atoms with Crippen molar-refractivity contribution < 1.29 is 14.3 Å². The minimum Gasteiger partial charge on any atom is -0.478 e. The summed E-state index contributed by atoms with van der Waals surface area (Å²) in [6.45, 7) is 4.38. The predicted molar refractivity (Wildman–Crippen MR) is 91.8 cm³/mol. The zero-order chi connectivity index (χ0) is 18.2. The summed E-state index contributed by atoms with van der Waals surface area (Å²) in [4.78, 5) is 30.0. The number of nitrogens with zero attached hydrogens (tertiary/aromatic N) is 4. The maximum atomic E-state index is 12.3. The lowest BCUT2D eigenvalue weighted by Gasteiger charge is -2.21. The van der Waals surface area contributed by atoms with E-state index >= 15 is 0 Å². The van der Waals surface area contributed by atoms with Crippen LogP contribution in [-0.2, 0) is 16.1 Å². The van der Waals surface area contributed by atoms with Crippen molar-refractivity contribution in [2.75, 3.05) is 20.2 Å². The van der Waals surface area contributed by atoms with E-state index in [0.29, 0.717) is 19.0 Å². The van der Waals surface area contributed by atoms with Gasteiger partial charge >= 0.3 is 0 Å². The number of rotatable bonds is 8. The maximum absolute atomic E-state index is 12.3. The largest absolute Gasteiger partial charge is 0.478 e. The van der Waals surface area contributed by atoms with E-state index in [-0.39, 0.29) is 18.4 Å². The van der Waals surface area contributed by atoms with Gasteiger partial charge < -0.3 is 15.0 Å². The molecule has 8 nitrogen and oxygen atoms in total. The summed E-state index contributed by atoms with van der Waals surface area (Å²) in [6.07, 6.45) is 4.97. The number of carbonyl (C=O) groups excluding carboxylic acids is 2. The first-order valence-corrected chi connectivity index (χ1v) is 8.10. The monoisotopic (exact) mass is 345 g/mol. The second kappa shape index (κ2) is 8.81. The van der Waals surface area contributed by atoms with Crippen molar-refractivity contribution in [1.29, 1.82) is 0 Å². The number of likely N-dealkylation sites (N-methyl/N-ethyl adjacent to an activating group) is 1. The van der Waals surface area contributed by atoms with Crippen LogP contribution in [0.4, 0.5) is 0 Å². The fourth-order valence-electron chi connectivity index (χ4n) is 2.31. The van der Waals surface area contributed by atoms with Crippen LogP contribution in [0.2, 0.25) is 0 Å². The standard InChI is InChI=1S/C17H23N5O3/c1-4-25-16-14(7-5-8-18-16)11-19-15(23)12-21(3)17(24)13(2)22-10-6-9-20-22/h5-10,13H,4,11-12H2,1-3H3,(H,19,23). The van der Waals surface area contributed by atoms with Crippen molar-refractivity contribution in [2.24, 2.45) is 0 Å². The van der Waals surface area contributed by atoms with Gasteiger partial charge in [0.15, 0.2) is 0 Å².